The number of aryl methyl sites for hydroxylation is 1. The summed E-state index contributed by atoms with van der Waals surface area (Å²) in [4.78, 5) is 31.6. The lowest BCUT2D eigenvalue weighted by Gasteiger charge is -2.55. The molecule has 1 aromatic carbocycles. The van der Waals surface area contributed by atoms with Crippen LogP contribution in [-0.4, -0.2) is 163 Å². The average Bonchev–Trinajstić information content (AvgIpc) is 1.77. The molecule has 0 bridgehead atoms. The number of fused-ring (bicyclic) bond motifs is 2. The average molecular weight is 1260 g/mol. The lowest BCUT2D eigenvalue weighted by atomic mass is 9.80. The lowest BCUT2D eigenvalue weighted by Crippen LogP contribution is -2.72. The molecule has 4 aliphatic heterocycles. The number of hydrogen-bond acceptors (Lipinski definition) is 12. The molecule has 3 saturated heterocycles. The molecular weight excluding hydrogens is 1140 g/mol. The van der Waals surface area contributed by atoms with Crippen molar-refractivity contribution in [2.75, 3.05) is 73.0 Å². The van der Waals surface area contributed by atoms with E-state index in [2.05, 4.69) is 166 Å². The van der Waals surface area contributed by atoms with Gasteiger partial charge in [0.25, 0.3) is 0 Å². The third-order valence-corrected chi connectivity index (χ3v) is 21.6. The van der Waals surface area contributed by atoms with Crippen LogP contribution in [0.5, 0.6) is 0 Å². The molecule has 4 unspecified atom stereocenters. The topological polar surface area (TPSA) is 118 Å². The molecule has 504 valence electrons. The predicted molar refractivity (Wildman–Crippen MR) is 366 cm³/mol. The molecule has 2 saturated carbocycles. The number of nitrogens with zero attached hydrogens (tertiary/aromatic N) is 6. The Kier molecular flexibility index (Phi) is 27.8. The minimum absolute atomic E-state index is 0.0418. The van der Waals surface area contributed by atoms with Crippen LogP contribution in [0.2, 0.25) is 5.02 Å². The summed E-state index contributed by atoms with van der Waals surface area (Å²) in [6.45, 7) is 35.7. The Balaban J connectivity index is 1.18. The summed E-state index contributed by atoms with van der Waals surface area (Å²) >= 11 is 6.20. The Morgan fingerprint density at radius 3 is 2.28 bits per heavy atom. The van der Waals surface area contributed by atoms with Crippen LogP contribution in [0.15, 0.2) is 71.2 Å². The fourth-order valence-electron chi connectivity index (χ4n) is 15.6. The van der Waals surface area contributed by atoms with E-state index in [1.54, 1.807) is 0 Å². The van der Waals surface area contributed by atoms with Crippen LogP contribution in [0.25, 0.3) is 0 Å². The summed E-state index contributed by atoms with van der Waals surface area (Å²) in [6, 6.07) is 5.85. The van der Waals surface area contributed by atoms with Gasteiger partial charge in [0.15, 0.2) is 0 Å². The molecule has 17 heteroatoms. The quantitative estimate of drug-likeness (QED) is 0.127. The van der Waals surface area contributed by atoms with Crippen LogP contribution in [0, 0.1) is 35.0 Å². The molecule has 2 aliphatic carbocycles. The van der Waals surface area contributed by atoms with Gasteiger partial charge in [0, 0.05) is 168 Å². The molecule has 1 aromatic rings. The predicted octanol–water partition coefficient (Wildman–Crippen LogP) is 13.2. The maximum absolute atomic E-state index is 14.7. The second-order valence-corrected chi connectivity index (χ2v) is 30.4. The molecular formula is C72H122ClF3N12O. The van der Waals surface area contributed by atoms with Crippen molar-refractivity contribution in [2.24, 2.45) is 40.0 Å². The van der Waals surface area contributed by atoms with Crippen LogP contribution in [0.1, 0.15) is 197 Å². The fourth-order valence-corrected chi connectivity index (χ4v) is 15.9. The van der Waals surface area contributed by atoms with Gasteiger partial charge in [0.05, 0.1) is 23.0 Å². The van der Waals surface area contributed by atoms with E-state index in [0.29, 0.717) is 49.0 Å². The monoisotopic (exact) mass is 1260 g/mol. The third-order valence-electron chi connectivity index (χ3n) is 21.3. The number of amides is 1. The molecule has 6 N–H and O–H groups in total. The standard InChI is InChI=1S/C72H122ClF3N12O/c1-15-52(6)66-43-81-65(40-50(2)3)54(8)80-44-67-62(69(89)86-38-32-70(11,12)49-86)47-88(67)68(51(4)5)55(9)83-71(30-19-20-31-71)48-78-35-34-77-33-29-59(27-25-58-26-28-63(64(73)42-58)72(74,75)76)79-36-39-84(13)45-61(41-57-22-17-16-18-23-57)85(14)46-60-24-21-37-87(60)56(10)53(7)82-66/h26,28-29,33,36,39,42,45-46,50-57,62,65-68,78-83H,15-25,27,30-32,34-35,37-38,40-41,43-44,47-49H2,1-14H3/t52-,53?,54?,55?,56-,62-,65-,66+,67?,68-/m0/s1. The highest BCUT2D eigenvalue weighted by molar-refractivity contribution is 6.31. The Hall–Kier alpha value is -3.64. The number of benzene rings is 1. The van der Waals surface area contributed by atoms with Crippen LogP contribution >= 0.6 is 11.6 Å². The van der Waals surface area contributed by atoms with Gasteiger partial charge in [0.1, 0.15) is 0 Å². The molecule has 5 fully saturated rings. The van der Waals surface area contributed by atoms with Gasteiger partial charge in [-0.05, 0) is 138 Å². The zero-order valence-corrected chi connectivity index (χ0v) is 58.4. The molecule has 10 atom stereocenters. The number of nitrogens with one attached hydrogen (secondary N) is 6. The highest BCUT2D eigenvalue weighted by Gasteiger charge is 2.51. The molecule has 7 rings (SSSR count). The summed E-state index contributed by atoms with van der Waals surface area (Å²) in [7, 11) is 4.32. The smallest absolute Gasteiger partial charge is 0.369 e. The minimum atomic E-state index is -4.51. The van der Waals surface area contributed by atoms with Gasteiger partial charge in [-0.1, -0.05) is 124 Å². The number of alkyl halides is 3. The van der Waals surface area contributed by atoms with Gasteiger partial charge in [-0.2, -0.15) is 13.2 Å². The Bertz CT molecular complexity index is 2500. The zero-order valence-electron chi connectivity index (χ0n) is 57.7. The number of likely N-dealkylation sites (tertiary alicyclic amines) is 1. The van der Waals surface area contributed by atoms with Gasteiger partial charge < -0.3 is 51.5 Å². The van der Waals surface area contributed by atoms with Crippen LogP contribution < -0.4 is 31.9 Å². The molecule has 1 spiro atoms. The number of hydrogen-bond donors (Lipinski definition) is 6. The first-order chi connectivity index (χ1) is 42.3. The van der Waals surface area contributed by atoms with E-state index >= 15 is 0 Å². The minimum Gasteiger partial charge on any atom is -0.369 e. The summed E-state index contributed by atoms with van der Waals surface area (Å²) in [6.07, 6.45) is 26.4. The highest BCUT2D eigenvalue weighted by Crippen LogP contribution is 2.39. The zero-order chi connectivity index (χ0) is 64.6. The van der Waals surface area contributed by atoms with E-state index in [9.17, 15) is 18.0 Å². The lowest BCUT2D eigenvalue weighted by molar-refractivity contribution is -0.149. The van der Waals surface area contributed by atoms with Gasteiger partial charge in [-0.25, -0.2) is 0 Å². The Morgan fingerprint density at radius 1 is 0.876 bits per heavy atom. The number of allylic oxidation sites excluding steroid dienone is 4. The first-order valence-corrected chi connectivity index (χ1v) is 35.5. The van der Waals surface area contributed by atoms with Crippen LogP contribution in [0.4, 0.5) is 13.2 Å². The number of rotatable bonds is 11. The second kappa shape index (κ2) is 34.0. The first-order valence-electron chi connectivity index (χ1n) is 35.1. The molecule has 0 radical (unpaired) electrons. The number of carbonyl (C=O) groups excluding carboxylic acids is 1. The number of carbonyl (C=O) groups is 1. The molecule has 1 amide bonds. The van der Waals surface area contributed by atoms with Crippen LogP contribution in [-0.2, 0) is 17.4 Å². The second-order valence-electron chi connectivity index (χ2n) is 29.9. The molecule has 13 nitrogen and oxygen atoms in total. The van der Waals surface area contributed by atoms with Crippen molar-refractivity contribution in [2.45, 2.75) is 252 Å². The van der Waals surface area contributed by atoms with Gasteiger partial charge in [0.2, 0.25) is 5.91 Å². The molecule has 89 heavy (non-hydrogen) atoms. The van der Waals surface area contributed by atoms with E-state index in [1.807, 2.05) is 24.7 Å². The van der Waals surface area contributed by atoms with Gasteiger partial charge in [-0.3, -0.25) is 14.7 Å². The van der Waals surface area contributed by atoms with Crippen molar-refractivity contribution in [1.82, 2.24) is 56.4 Å². The summed E-state index contributed by atoms with van der Waals surface area (Å²) in [5.74, 6) is 2.29. The van der Waals surface area contributed by atoms with E-state index in [4.69, 9.17) is 16.6 Å². The van der Waals surface area contributed by atoms with Crippen molar-refractivity contribution in [3.05, 3.63) is 82.3 Å². The normalized spacial score (nSPS) is 29.7. The van der Waals surface area contributed by atoms with E-state index in [1.165, 1.54) is 68.5 Å². The number of halogens is 4. The molecule has 6 aliphatic rings. The highest BCUT2D eigenvalue weighted by atomic mass is 35.5. The maximum atomic E-state index is 14.7. The summed E-state index contributed by atoms with van der Waals surface area (Å²) < 4.78 is 41.0. The van der Waals surface area contributed by atoms with Crippen molar-refractivity contribution < 1.29 is 18.0 Å². The van der Waals surface area contributed by atoms with E-state index < -0.39 is 11.7 Å². The van der Waals surface area contributed by atoms with Crippen molar-refractivity contribution >= 4 is 23.7 Å². The van der Waals surface area contributed by atoms with Crippen molar-refractivity contribution in [3.63, 3.8) is 0 Å². The van der Waals surface area contributed by atoms with Gasteiger partial charge >= 0.3 is 6.18 Å². The SMILES string of the molecule is CC[C@H](C)[C@H]1CN[C@@H](CC(C)C)C(C)NCC2[C@@H](C(=O)N3CCC(C)(C)C3)CN2[C@@H](C(C)C)C(C)NC2(CCCC2)CNCCN=CC=C(CCc2ccc(C(F)(F)F)c(Cl)c2)NC=CN(C)C=C(CC2CCCCC2)N(C)C=C2CCCN2[C@@H](C)C(C)N1. The van der Waals surface area contributed by atoms with Crippen LogP contribution in [0.3, 0.4) is 0 Å². The van der Waals surface area contributed by atoms with Crippen molar-refractivity contribution in [1.29, 1.82) is 0 Å². The Morgan fingerprint density at radius 2 is 1.62 bits per heavy atom. The number of aliphatic imine (C=N–C) groups is 1. The Labute approximate surface area is 543 Å². The van der Waals surface area contributed by atoms with E-state index in [0.717, 1.165) is 121 Å². The molecule has 0 aromatic heterocycles. The summed E-state index contributed by atoms with van der Waals surface area (Å²) in [5.41, 5.74) is 3.57. The summed E-state index contributed by atoms with van der Waals surface area (Å²) in [5, 5.41) is 23.9. The van der Waals surface area contributed by atoms with Gasteiger partial charge in [-0.15, -0.1) is 0 Å². The third kappa shape index (κ3) is 21.2. The maximum Gasteiger partial charge on any atom is 0.417 e. The first kappa shape index (κ1) is 72.8. The largest absolute Gasteiger partial charge is 0.417 e. The van der Waals surface area contributed by atoms with Crippen molar-refractivity contribution in [3.8, 4) is 0 Å². The fraction of sp³-hybridized carbons (Fsp3) is 0.778. The van der Waals surface area contributed by atoms with E-state index in [-0.39, 0.29) is 70.2 Å². The molecule has 4 heterocycles.